The monoisotopic (exact) mass is 312 g/mol. The molecular formula is C16H25ClN2O2. The highest BCUT2D eigenvalue weighted by Gasteiger charge is 2.17. The van der Waals surface area contributed by atoms with Gasteiger partial charge in [-0.2, -0.15) is 0 Å². The summed E-state index contributed by atoms with van der Waals surface area (Å²) < 4.78 is 10.6. The first-order valence-electron chi connectivity index (χ1n) is 7.55. The topological polar surface area (TPSA) is 42.5 Å². The number of methoxy groups -OCH3 is 2. The lowest BCUT2D eigenvalue weighted by molar-refractivity contribution is 0.370. The Hall–Kier alpha value is -1.13. The summed E-state index contributed by atoms with van der Waals surface area (Å²) in [6, 6.07) is 4.63. The van der Waals surface area contributed by atoms with Crippen LogP contribution < -0.4 is 20.1 Å². The van der Waals surface area contributed by atoms with E-state index in [0.29, 0.717) is 22.9 Å². The van der Waals surface area contributed by atoms with Gasteiger partial charge in [-0.15, -0.1) is 0 Å². The SMILES string of the molecule is COc1cc(OC)c(NC(C)CC2CCCCN2)cc1Cl. The van der Waals surface area contributed by atoms with Crippen LogP contribution in [-0.4, -0.2) is 32.8 Å². The number of ether oxygens (including phenoxy) is 2. The van der Waals surface area contributed by atoms with Crippen LogP contribution >= 0.6 is 11.6 Å². The van der Waals surface area contributed by atoms with Crippen molar-refractivity contribution in [3.8, 4) is 11.5 Å². The van der Waals surface area contributed by atoms with Crippen LogP contribution in [0.15, 0.2) is 12.1 Å². The van der Waals surface area contributed by atoms with Crippen LogP contribution in [-0.2, 0) is 0 Å². The zero-order chi connectivity index (χ0) is 15.2. The van der Waals surface area contributed by atoms with Gasteiger partial charge in [0.25, 0.3) is 0 Å². The third kappa shape index (κ3) is 4.42. The van der Waals surface area contributed by atoms with Crippen molar-refractivity contribution >= 4 is 17.3 Å². The van der Waals surface area contributed by atoms with Crippen LogP contribution in [0.25, 0.3) is 0 Å². The molecule has 2 rings (SSSR count). The Bertz CT molecular complexity index is 462. The molecule has 0 amide bonds. The van der Waals surface area contributed by atoms with Gasteiger partial charge < -0.3 is 20.1 Å². The predicted molar refractivity (Wildman–Crippen MR) is 87.9 cm³/mol. The molecule has 0 aliphatic carbocycles. The minimum absolute atomic E-state index is 0.346. The fraction of sp³-hybridized carbons (Fsp3) is 0.625. The molecule has 118 valence electrons. The fourth-order valence-electron chi connectivity index (χ4n) is 2.85. The van der Waals surface area contributed by atoms with Gasteiger partial charge in [0.15, 0.2) is 0 Å². The van der Waals surface area contributed by atoms with Crippen molar-refractivity contribution < 1.29 is 9.47 Å². The number of halogens is 1. The zero-order valence-corrected chi connectivity index (χ0v) is 13.8. The molecule has 21 heavy (non-hydrogen) atoms. The van der Waals surface area contributed by atoms with E-state index < -0.39 is 0 Å². The van der Waals surface area contributed by atoms with Crippen LogP contribution in [0.1, 0.15) is 32.6 Å². The maximum absolute atomic E-state index is 6.20. The molecule has 1 aliphatic heterocycles. The van der Waals surface area contributed by atoms with Gasteiger partial charge in [-0.05, 0) is 38.8 Å². The van der Waals surface area contributed by atoms with Crippen molar-refractivity contribution in [2.24, 2.45) is 0 Å². The number of hydrogen-bond donors (Lipinski definition) is 2. The maximum atomic E-state index is 6.20. The average molecular weight is 313 g/mol. The summed E-state index contributed by atoms with van der Waals surface area (Å²) in [6.07, 6.45) is 4.96. The van der Waals surface area contributed by atoms with Gasteiger partial charge in [-0.1, -0.05) is 18.0 Å². The van der Waals surface area contributed by atoms with E-state index in [2.05, 4.69) is 17.6 Å². The summed E-state index contributed by atoms with van der Waals surface area (Å²) >= 11 is 6.20. The van der Waals surface area contributed by atoms with E-state index in [1.54, 1.807) is 14.2 Å². The van der Waals surface area contributed by atoms with E-state index >= 15 is 0 Å². The van der Waals surface area contributed by atoms with Gasteiger partial charge in [0.1, 0.15) is 11.5 Å². The molecular weight excluding hydrogens is 288 g/mol. The van der Waals surface area contributed by atoms with E-state index in [1.165, 1.54) is 19.3 Å². The molecule has 1 aromatic rings. The van der Waals surface area contributed by atoms with Crippen molar-refractivity contribution in [1.82, 2.24) is 5.32 Å². The van der Waals surface area contributed by atoms with Gasteiger partial charge in [0.2, 0.25) is 0 Å². The third-order valence-electron chi connectivity index (χ3n) is 3.93. The second kappa shape index (κ2) is 7.76. The van der Waals surface area contributed by atoms with Crippen LogP contribution in [0.5, 0.6) is 11.5 Å². The summed E-state index contributed by atoms with van der Waals surface area (Å²) in [5, 5.41) is 7.66. The Kier molecular flexibility index (Phi) is 6.00. The quantitative estimate of drug-likeness (QED) is 0.840. The lowest BCUT2D eigenvalue weighted by Gasteiger charge is -2.27. The lowest BCUT2D eigenvalue weighted by Crippen LogP contribution is -2.37. The van der Waals surface area contributed by atoms with Gasteiger partial charge in [-0.3, -0.25) is 0 Å². The highest BCUT2D eigenvalue weighted by molar-refractivity contribution is 6.32. The summed E-state index contributed by atoms with van der Waals surface area (Å²) in [7, 11) is 3.26. The van der Waals surface area contributed by atoms with Crippen LogP contribution in [0.4, 0.5) is 5.69 Å². The average Bonchev–Trinajstić information content (AvgIpc) is 2.48. The zero-order valence-electron chi connectivity index (χ0n) is 13.0. The summed E-state index contributed by atoms with van der Waals surface area (Å²) in [5.41, 5.74) is 0.909. The van der Waals surface area contributed by atoms with Crippen LogP contribution in [0, 0.1) is 0 Å². The first kappa shape index (κ1) is 16.2. The van der Waals surface area contributed by atoms with E-state index in [0.717, 1.165) is 24.4 Å². The molecule has 0 radical (unpaired) electrons. The number of hydrogen-bond acceptors (Lipinski definition) is 4. The molecule has 1 fully saturated rings. The molecule has 1 aliphatic rings. The second-order valence-electron chi connectivity index (χ2n) is 5.61. The molecule has 1 heterocycles. The van der Waals surface area contributed by atoms with E-state index in [1.807, 2.05) is 12.1 Å². The number of anilines is 1. The van der Waals surface area contributed by atoms with Crippen LogP contribution in [0.2, 0.25) is 5.02 Å². The molecule has 0 aromatic heterocycles. The molecule has 0 spiro atoms. The van der Waals surface area contributed by atoms with Gasteiger partial charge >= 0.3 is 0 Å². The first-order chi connectivity index (χ1) is 10.1. The number of rotatable bonds is 6. The Morgan fingerprint density at radius 3 is 2.67 bits per heavy atom. The van der Waals surface area contributed by atoms with E-state index in [9.17, 15) is 0 Å². The normalized spacial score (nSPS) is 19.9. The van der Waals surface area contributed by atoms with Crippen molar-refractivity contribution in [3.05, 3.63) is 17.2 Å². The first-order valence-corrected chi connectivity index (χ1v) is 7.93. The Morgan fingerprint density at radius 2 is 2.05 bits per heavy atom. The summed E-state index contributed by atoms with van der Waals surface area (Å²) in [4.78, 5) is 0. The number of piperidine rings is 1. The summed E-state index contributed by atoms with van der Waals surface area (Å²) in [6.45, 7) is 3.32. The number of nitrogens with one attached hydrogen (secondary N) is 2. The molecule has 5 heteroatoms. The molecule has 0 bridgehead atoms. The highest BCUT2D eigenvalue weighted by Crippen LogP contribution is 2.36. The molecule has 4 nitrogen and oxygen atoms in total. The Morgan fingerprint density at radius 1 is 1.29 bits per heavy atom. The predicted octanol–water partition coefficient (Wildman–Crippen LogP) is 3.69. The Balaban J connectivity index is 2.02. The van der Waals surface area contributed by atoms with Crippen molar-refractivity contribution in [2.75, 3.05) is 26.1 Å². The molecule has 1 saturated heterocycles. The lowest BCUT2D eigenvalue weighted by atomic mass is 9.98. The van der Waals surface area contributed by atoms with Gasteiger partial charge in [0, 0.05) is 18.2 Å². The second-order valence-corrected chi connectivity index (χ2v) is 6.02. The smallest absolute Gasteiger partial charge is 0.145 e. The summed E-state index contributed by atoms with van der Waals surface area (Å²) in [5.74, 6) is 1.38. The van der Waals surface area contributed by atoms with E-state index in [-0.39, 0.29) is 0 Å². The minimum atomic E-state index is 0.346. The van der Waals surface area contributed by atoms with Gasteiger partial charge in [-0.25, -0.2) is 0 Å². The molecule has 2 unspecified atom stereocenters. The standard InChI is InChI=1S/C16H25ClN2O2/c1-11(8-12-6-4-5-7-18-12)19-14-9-13(17)15(20-2)10-16(14)21-3/h9-12,18-19H,4-8H2,1-3H3. The minimum Gasteiger partial charge on any atom is -0.495 e. The Labute approximate surface area is 132 Å². The maximum Gasteiger partial charge on any atom is 0.145 e. The van der Waals surface area contributed by atoms with Gasteiger partial charge in [0.05, 0.1) is 24.9 Å². The molecule has 2 N–H and O–H groups in total. The molecule has 1 aromatic carbocycles. The van der Waals surface area contributed by atoms with E-state index in [4.69, 9.17) is 21.1 Å². The van der Waals surface area contributed by atoms with Crippen molar-refractivity contribution in [1.29, 1.82) is 0 Å². The third-order valence-corrected chi connectivity index (χ3v) is 4.22. The van der Waals surface area contributed by atoms with Crippen molar-refractivity contribution in [2.45, 2.75) is 44.7 Å². The fourth-order valence-corrected chi connectivity index (χ4v) is 3.09. The van der Waals surface area contributed by atoms with Crippen molar-refractivity contribution in [3.63, 3.8) is 0 Å². The van der Waals surface area contributed by atoms with Crippen LogP contribution in [0.3, 0.4) is 0 Å². The molecule has 0 saturated carbocycles. The molecule has 2 atom stereocenters. The number of benzene rings is 1. The highest BCUT2D eigenvalue weighted by atomic mass is 35.5. The largest absolute Gasteiger partial charge is 0.495 e.